The van der Waals surface area contributed by atoms with Crippen molar-refractivity contribution in [1.29, 1.82) is 0 Å². The van der Waals surface area contributed by atoms with Gasteiger partial charge in [0.25, 0.3) is 0 Å². The predicted molar refractivity (Wildman–Crippen MR) is 335 cm³/mol. The smallest absolute Gasteiger partial charge is 0.657 e. The van der Waals surface area contributed by atoms with Crippen LogP contribution in [0.3, 0.4) is 0 Å². The Bertz CT molecular complexity index is 4210. The number of allylic oxidation sites excluding steroid dienone is 8. The SMILES string of the molecule is CCC1=C(C)c2nc1cc1[n-]c(c(C)c1CC)c1c3nc(cc4[n-]c(c(C)c4CC)c2-c2cccc4cc5ccc(cc5cc24)CCCCC2=CC(=O)C(=CC2=O)CCCCc2ccc4cc5cccc-1c5cc4c2)C(CC)=C3C.[Zn+2]. The molecule has 6 aromatic carbocycles. The minimum Gasteiger partial charge on any atom is -0.657 e. The van der Waals surface area contributed by atoms with E-state index >= 15 is 0 Å². The molecule has 0 fully saturated rings. The van der Waals surface area contributed by atoms with Crippen molar-refractivity contribution in [1.82, 2.24) is 19.9 Å². The van der Waals surface area contributed by atoms with E-state index in [0.717, 1.165) is 153 Å². The second-order valence-electron chi connectivity index (χ2n) is 22.9. The minimum atomic E-state index is -0.0140. The molecule has 3 aromatic heterocycles. The van der Waals surface area contributed by atoms with Crippen LogP contribution in [0.25, 0.3) is 110 Å². The molecular formula is C74H68N4O2Zn. The Morgan fingerprint density at radius 1 is 0.444 bits per heavy atom. The second-order valence-corrected chi connectivity index (χ2v) is 22.9. The topological polar surface area (TPSA) is 88.1 Å². The molecule has 16 rings (SSSR count). The van der Waals surface area contributed by atoms with Crippen LogP contribution < -0.4 is 9.97 Å². The average molecular weight is 1110 g/mol. The van der Waals surface area contributed by atoms with Crippen molar-refractivity contribution in [3.8, 4) is 22.3 Å². The maximum absolute atomic E-state index is 13.5. The fourth-order valence-electron chi connectivity index (χ4n) is 13.9. The van der Waals surface area contributed by atoms with Gasteiger partial charge < -0.3 is 9.97 Å². The van der Waals surface area contributed by atoms with Gasteiger partial charge in [-0.15, -0.1) is 22.1 Å². The molecule has 0 N–H and O–H groups in total. The molecule has 81 heavy (non-hydrogen) atoms. The maximum atomic E-state index is 13.5. The van der Waals surface area contributed by atoms with E-state index in [0.29, 0.717) is 24.0 Å². The van der Waals surface area contributed by atoms with E-state index in [1.807, 2.05) is 0 Å². The summed E-state index contributed by atoms with van der Waals surface area (Å²) >= 11 is 0. The molecule has 398 valence electrons. The summed E-state index contributed by atoms with van der Waals surface area (Å²) < 4.78 is 0. The predicted octanol–water partition coefficient (Wildman–Crippen LogP) is 18.4. The fourth-order valence-corrected chi connectivity index (χ4v) is 13.9. The molecular weight excluding hydrogens is 1040 g/mol. The number of rotatable bonds is 4. The summed E-state index contributed by atoms with van der Waals surface area (Å²) in [6.45, 7) is 18.0. The van der Waals surface area contributed by atoms with Crippen molar-refractivity contribution < 1.29 is 29.1 Å². The number of benzene rings is 6. The summed E-state index contributed by atoms with van der Waals surface area (Å²) in [4.78, 5) is 50.1. The standard InChI is InChI=1S/C74H68N4O2.Zn/c1-9-55-41(5)71-69-59-25-17-23-49-33-47-29-27-45(31-53(47)35-61(49)59)19-13-15-21-51-37-68(80)52(38-67(51)79)22-16-14-20-46-28-30-48-34-50-24-18-26-60(62(50)36-54(48)32-46)70(73-42(6)56(10-2)64(76-73)39-63(55)75-71)74-44(8)58(12-4)66(78-74)40-65-57(11-3)43(7)72(69)77-65;/h17-18,23-40H,9-16,19-22H2,1-8H3;/q-2;+2. The van der Waals surface area contributed by atoms with Crippen LogP contribution in [0.4, 0.5) is 0 Å². The first kappa shape index (κ1) is 54.0. The van der Waals surface area contributed by atoms with E-state index in [-0.39, 0.29) is 31.0 Å². The van der Waals surface area contributed by atoms with Gasteiger partial charge in [0, 0.05) is 11.1 Å². The number of ketones is 2. The van der Waals surface area contributed by atoms with Crippen LogP contribution in [0.5, 0.6) is 0 Å². The molecule has 6 nitrogen and oxygen atoms in total. The third kappa shape index (κ3) is 9.30. The number of aryl methyl sites for hydroxylation is 6. The van der Waals surface area contributed by atoms with Crippen LogP contribution >= 0.6 is 0 Å². The largest absolute Gasteiger partial charge is 2.00 e. The molecule has 6 aliphatic heterocycles. The van der Waals surface area contributed by atoms with Gasteiger partial charge in [-0.25, -0.2) is 9.97 Å². The Morgan fingerprint density at radius 3 is 1.27 bits per heavy atom. The van der Waals surface area contributed by atoms with E-state index in [2.05, 4.69) is 165 Å². The Labute approximate surface area is 488 Å². The Hall–Kier alpha value is -7.60. The van der Waals surface area contributed by atoms with E-state index < -0.39 is 0 Å². The fraction of sp³-hybridized carbons (Fsp3) is 0.270. The van der Waals surface area contributed by atoms with Crippen LogP contribution in [0.1, 0.15) is 149 Å². The van der Waals surface area contributed by atoms with Crippen molar-refractivity contribution in [3.05, 3.63) is 189 Å². The van der Waals surface area contributed by atoms with Gasteiger partial charge in [0.15, 0.2) is 11.6 Å². The normalized spacial score (nSPS) is 15.2. The zero-order chi connectivity index (χ0) is 55.1. The molecule has 7 heteroatoms. The van der Waals surface area contributed by atoms with Gasteiger partial charge in [0.2, 0.25) is 0 Å². The molecule has 0 atom stereocenters. The van der Waals surface area contributed by atoms with E-state index in [9.17, 15) is 9.59 Å². The van der Waals surface area contributed by atoms with Gasteiger partial charge in [-0.2, -0.15) is 0 Å². The first-order valence-corrected chi connectivity index (χ1v) is 29.4. The number of nitrogens with zero attached hydrogens (tertiary/aromatic N) is 4. The second kappa shape index (κ2) is 21.7. The van der Waals surface area contributed by atoms with Crippen molar-refractivity contribution in [2.45, 2.75) is 132 Å². The van der Waals surface area contributed by atoms with Crippen molar-refractivity contribution in [2.24, 2.45) is 0 Å². The number of hydrogen-bond acceptors (Lipinski definition) is 4. The van der Waals surface area contributed by atoms with Gasteiger partial charge in [-0.3, -0.25) is 9.59 Å². The van der Waals surface area contributed by atoms with E-state index in [1.165, 1.54) is 77.2 Å². The number of aromatic nitrogens is 4. The van der Waals surface area contributed by atoms with Crippen LogP contribution in [0, 0.1) is 13.8 Å². The summed E-state index contributed by atoms with van der Waals surface area (Å²) in [5, 5.41) is 9.37. The van der Waals surface area contributed by atoms with Crippen molar-refractivity contribution >= 4 is 99.0 Å². The Morgan fingerprint density at radius 2 is 0.864 bits per heavy atom. The zero-order valence-corrected chi connectivity index (χ0v) is 51.3. The molecule has 9 aromatic rings. The first-order chi connectivity index (χ1) is 38.9. The average Bonchev–Trinajstić information content (AvgIpc) is 4.18. The number of hydrogen-bond donors (Lipinski definition) is 0. The van der Waals surface area contributed by atoms with Crippen LogP contribution in [0.2, 0.25) is 0 Å². The third-order valence-corrected chi connectivity index (χ3v) is 18.2. The minimum absolute atomic E-state index is 0. The quantitative estimate of drug-likeness (QED) is 0.0991. The summed E-state index contributed by atoms with van der Waals surface area (Å²) in [6, 6.07) is 41.0. The van der Waals surface area contributed by atoms with E-state index in [1.54, 1.807) is 12.2 Å². The third-order valence-electron chi connectivity index (χ3n) is 18.2. The van der Waals surface area contributed by atoms with Gasteiger partial charge >= 0.3 is 19.5 Å². The van der Waals surface area contributed by atoms with Crippen molar-refractivity contribution in [2.75, 3.05) is 0 Å². The number of carbonyl (C=O) groups is 2. The van der Waals surface area contributed by atoms with Gasteiger partial charge in [0.05, 0.1) is 22.8 Å². The Kier molecular flexibility index (Phi) is 14.5. The zero-order valence-electron chi connectivity index (χ0n) is 48.3. The monoisotopic (exact) mass is 1110 g/mol. The summed E-state index contributed by atoms with van der Waals surface area (Å²) in [7, 11) is 0. The first-order valence-electron chi connectivity index (χ1n) is 29.4. The van der Waals surface area contributed by atoms with Crippen LogP contribution in [-0.4, -0.2) is 21.5 Å². The molecule has 18 bridgehead atoms. The molecule has 0 amide bonds. The maximum Gasteiger partial charge on any atom is 2.00 e. The summed E-state index contributed by atoms with van der Waals surface area (Å²) in [5.74, 6) is -0.0280. The molecule has 0 radical (unpaired) electrons. The molecule has 1 aliphatic carbocycles. The summed E-state index contributed by atoms with van der Waals surface area (Å²) in [5.41, 5.74) is 25.3. The van der Waals surface area contributed by atoms with E-state index in [4.69, 9.17) is 19.9 Å². The summed E-state index contributed by atoms with van der Waals surface area (Å²) in [6.07, 6.45) is 12.9. The molecule has 0 unspecified atom stereocenters. The molecule has 0 spiro atoms. The van der Waals surface area contributed by atoms with Crippen LogP contribution in [0.15, 0.2) is 132 Å². The Balaban J connectivity index is 0.00000651. The molecule has 7 aliphatic rings. The van der Waals surface area contributed by atoms with Gasteiger partial charge in [-0.1, -0.05) is 135 Å². The molecule has 0 saturated heterocycles. The molecule has 9 heterocycles. The number of carbonyl (C=O) groups excluding carboxylic acids is 2. The molecule has 0 saturated carbocycles. The van der Waals surface area contributed by atoms with Gasteiger partial charge in [0.1, 0.15) is 0 Å². The van der Waals surface area contributed by atoms with Crippen LogP contribution in [-0.2, 0) is 54.8 Å². The van der Waals surface area contributed by atoms with Gasteiger partial charge in [-0.05, 0) is 240 Å². The van der Waals surface area contributed by atoms with Crippen molar-refractivity contribution in [3.63, 3.8) is 0 Å².